The number of H-pyrrole nitrogens is 1. The number of benzene rings is 3. The molecule has 0 unspecified atom stereocenters. The Morgan fingerprint density at radius 2 is 1.76 bits per heavy atom. The lowest BCUT2D eigenvalue weighted by molar-refractivity contribution is -0.113. The monoisotopic (exact) mass is 512 g/mol. The summed E-state index contributed by atoms with van der Waals surface area (Å²) in [5, 5.41) is 10.2. The van der Waals surface area contributed by atoms with Crippen molar-refractivity contribution in [2.45, 2.75) is 20.3 Å². The van der Waals surface area contributed by atoms with Gasteiger partial charge in [-0.2, -0.15) is 9.49 Å². The Morgan fingerprint density at radius 1 is 1.03 bits per heavy atom. The van der Waals surface area contributed by atoms with Crippen LogP contribution in [0.25, 0.3) is 22.0 Å². The minimum atomic E-state index is -0.437. The minimum Gasteiger partial charge on any atom is -0.492 e. The molecule has 7 heteroatoms. The maximum Gasteiger partial charge on any atom is 0.241 e. The van der Waals surface area contributed by atoms with Gasteiger partial charge in [-0.3, -0.25) is 9.89 Å². The van der Waals surface area contributed by atoms with Crippen LogP contribution in [-0.2, 0) is 4.79 Å². The SMILES string of the molecule is CC(C)/C(=C(/c1ccc(OCCNCC/C=C/C(N)=O)cc1)c1ccc2n[nH]c(F)c2c1)c1ccccc1. The number of allylic oxidation sites excluding steroid dienone is 1. The summed E-state index contributed by atoms with van der Waals surface area (Å²) >= 11 is 0. The van der Waals surface area contributed by atoms with Crippen LogP contribution in [0.3, 0.4) is 0 Å². The number of primary amides is 1. The maximum atomic E-state index is 14.4. The van der Waals surface area contributed by atoms with Crippen molar-refractivity contribution in [1.29, 1.82) is 0 Å². The molecule has 0 radical (unpaired) electrons. The molecule has 1 aromatic heterocycles. The van der Waals surface area contributed by atoms with Gasteiger partial charge in [0, 0.05) is 6.54 Å². The summed E-state index contributed by atoms with van der Waals surface area (Å²) in [6.07, 6.45) is 3.84. The summed E-state index contributed by atoms with van der Waals surface area (Å²) in [6.45, 7) is 6.28. The van der Waals surface area contributed by atoms with Gasteiger partial charge in [0.15, 0.2) is 0 Å². The molecule has 0 spiro atoms. The molecule has 0 saturated heterocycles. The van der Waals surface area contributed by atoms with E-state index in [0.29, 0.717) is 24.1 Å². The van der Waals surface area contributed by atoms with Gasteiger partial charge in [0.25, 0.3) is 0 Å². The zero-order valence-corrected chi connectivity index (χ0v) is 21.7. The van der Waals surface area contributed by atoms with Crippen LogP contribution in [0.2, 0.25) is 0 Å². The number of aromatic nitrogens is 2. The highest BCUT2D eigenvalue weighted by atomic mass is 19.1. The number of hydrogen-bond donors (Lipinski definition) is 3. The van der Waals surface area contributed by atoms with E-state index in [-0.39, 0.29) is 5.92 Å². The zero-order valence-electron chi connectivity index (χ0n) is 21.7. The topological polar surface area (TPSA) is 93.0 Å². The van der Waals surface area contributed by atoms with Crippen molar-refractivity contribution in [1.82, 2.24) is 15.5 Å². The Morgan fingerprint density at radius 3 is 2.47 bits per heavy atom. The number of ether oxygens (including phenoxy) is 1. The first-order chi connectivity index (χ1) is 18.4. The number of nitrogens with two attached hydrogens (primary N) is 1. The number of nitrogens with zero attached hydrogens (tertiary/aromatic N) is 1. The second kappa shape index (κ2) is 12.8. The average Bonchev–Trinajstić information content (AvgIpc) is 3.29. The standard InChI is InChI=1S/C31H33FN4O2/c1-21(2)29(22-8-4-3-5-9-22)30(24-13-16-27-26(20-24)31(32)36-35-27)23-11-14-25(15-12-23)38-19-18-34-17-7-6-10-28(33)37/h3-6,8-16,20-21,34H,7,17-19H2,1-2H3,(H2,33,37)(H,35,36)/b10-6+,30-29+. The summed E-state index contributed by atoms with van der Waals surface area (Å²) in [5.74, 6) is 0.115. The van der Waals surface area contributed by atoms with Gasteiger partial charge in [-0.05, 0) is 77.1 Å². The lowest BCUT2D eigenvalue weighted by atomic mass is 9.84. The van der Waals surface area contributed by atoms with Crippen LogP contribution in [0.4, 0.5) is 4.39 Å². The second-order valence-electron chi connectivity index (χ2n) is 9.30. The van der Waals surface area contributed by atoms with Crippen molar-refractivity contribution in [3.05, 3.63) is 108 Å². The van der Waals surface area contributed by atoms with Gasteiger partial charge in [0.05, 0.1) is 10.9 Å². The van der Waals surface area contributed by atoms with Crippen molar-refractivity contribution in [2.24, 2.45) is 11.7 Å². The van der Waals surface area contributed by atoms with Gasteiger partial charge >= 0.3 is 0 Å². The summed E-state index contributed by atoms with van der Waals surface area (Å²) < 4.78 is 20.3. The Bertz CT molecular complexity index is 1420. The van der Waals surface area contributed by atoms with Gasteiger partial charge in [0.2, 0.25) is 11.9 Å². The van der Waals surface area contributed by atoms with E-state index < -0.39 is 11.9 Å². The molecule has 0 aliphatic rings. The highest BCUT2D eigenvalue weighted by Gasteiger charge is 2.18. The highest BCUT2D eigenvalue weighted by Crippen LogP contribution is 2.38. The van der Waals surface area contributed by atoms with Crippen LogP contribution in [0.15, 0.2) is 84.9 Å². The van der Waals surface area contributed by atoms with Crippen LogP contribution in [0.5, 0.6) is 5.75 Å². The number of nitrogens with one attached hydrogen (secondary N) is 2. The van der Waals surface area contributed by atoms with Crippen LogP contribution < -0.4 is 15.8 Å². The smallest absolute Gasteiger partial charge is 0.241 e. The fourth-order valence-electron chi connectivity index (χ4n) is 4.46. The second-order valence-corrected chi connectivity index (χ2v) is 9.30. The first kappa shape index (κ1) is 26.8. The molecule has 1 heterocycles. The molecule has 0 fully saturated rings. The first-order valence-electron chi connectivity index (χ1n) is 12.8. The summed E-state index contributed by atoms with van der Waals surface area (Å²) in [4.78, 5) is 10.7. The molecular weight excluding hydrogens is 479 g/mol. The number of halogens is 1. The summed E-state index contributed by atoms with van der Waals surface area (Å²) in [5.41, 5.74) is 11.0. The van der Waals surface area contributed by atoms with Crippen molar-refractivity contribution in [3.63, 3.8) is 0 Å². The third-order valence-electron chi connectivity index (χ3n) is 6.19. The fraction of sp³-hybridized carbons (Fsp3) is 0.226. The molecular formula is C31H33FN4O2. The van der Waals surface area contributed by atoms with E-state index in [9.17, 15) is 9.18 Å². The van der Waals surface area contributed by atoms with Crippen molar-refractivity contribution < 1.29 is 13.9 Å². The highest BCUT2D eigenvalue weighted by molar-refractivity contribution is 6.01. The van der Waals surface area contributed by atoms with E-state index in [0.717, 1.165) is 41.0 Å². The third-order valence-corrected chi connectivity index (χ3v) is 6.19. The van der Waals surface area contributed by atoms with E-state index in [1.165, 1.54) is 11.6 Å². The molecule has 4 rings (SSSR count). The van der Waals surface area contributed by atoms with E-state index >= 15 is 0 Å². The molecule has 4 N–H and O–H groups in total. The van der Waals surface area contributed by atoms with Crippen LogP contribution in [-0.4, -0.2) is 35.8 Å². The normalized spacial score (nSPS) is 12.3. The largest absolute Gasteiger partial charge is 0.492 e. The molecule has 4 aromatic rings. The predicted molar refractivity (Wildman–Crippen MR) is 151 cm³/mol. The van der Waals surface area contributed by atoms with Crippen molar-refractivity contribution in [3.8, 4) is 5.75 Å². The molecule has 6 nitrogen and oxygen atoms in total. The van der Waals surface area contributed by atoms with E-state index in [2.05, 4.69) is 41.5 Å². The number of rotatable bonds is 12. The predicted octanol–water partition coefficient (Wildman–Crippen LogP) is 5.72. The Balaban J connectivity index is 1.58. The van der Waals surface area contributed by atoms with Crippen LogP contribution in [0.1, 0.15) is 37.0 Å². The van der Waals surface area contributed by atoms with Gasteiger partial charge in [-0.15, -0.1) is 0 Å². The molecule has 196 valence electrons. The molecule has 0 atom stereocenters. The lowest BCUT2D eigenvalue weighted by Crippen LogP contribution is -2.21. The van der Waals surface area contributed by atoms with Crippen molar-refractivity contribution >= 4 is 28.0 Å². The van der Waals surface area contributed by atoms with Crippen LogP contribution in [0, 0.1) is 11.9 Å². The first-order valence-corrected chi connectivity index (χ1v) is 12.8. The Kier molecular flexibility index (Phi) is 9.06. The number of fused-ring (bicyclic) bond motifs is 1. The van der Waals surface area contributed by atoms with Gasteiger partial charge in [0.1, 0.15) is 12.4 Å². The fourth-order valence-corrected chi connectivity index (χ4v) is 4.46. The van der Waals surface area contributed by atoms with Crippen molar-refractivity contribution in [2.75, 3.05) is 19.7 Å². The van der Waals surface area contributed by atoms with E-state index in [4.69, 9.17) is 10.5 Å². The quantitative estimate of drug-likeness (QED) is 0.129. The van der Waals surface area contributed by atoms with Gasteiger partial charge < -0.3 is 15.8 Å². The lowest BCUT2D eigenvalue weighted by Gasteiger charge is -2.20. The van der Waals surface area contributed by atoms with Gasteiger partial charge in [-0.1, -0.05) is 68.5 Å². The maximum absolute atomic E-state index is 14.4. The number of aromatic amines is 1. The Hall–Kier alpha value is -4.23. The molecule has 0 aliphatic heterocycles. The van der Waals surface area contributed by atoms with E-state index in [1.807, 2.05) is 60.7 Å². The van der Waals surface area contributed by atoms with Gasteiger partial charge in [-0.25, -0.2) is 0 Å². The minimum absolute atomic E-state index is 0.220. The summed E-state index contributed by atoms with van der Waals surface area (Å²) in [7, 11) is 0. The molecule has 38 heavy (non-hydrogen) atoms. The zero-order chi connectivity index (χ0) is 26.9. The number of carbonyl (C=O) groups is 1. The third kappa shape index (κ3) is 6.75. The molecule has 3 aromatic carbocycles. The molecule has 0 saturated carbocycles. The number of hydrogen-bond acceptors (Lipinski definition) is 4. The molecule has 0 aliphatic carbocycles. The number of amides is 1. The average molecular weight is 513 g/mol. The molecule has 0 bridgehead atoms. The molecule has 1 amide bonds. The summed E-state index contributed by atoms with van der Waals surface area (Å²) in [6, 6.07) is 24.0. The Labute approximate surface area is 222 Å². The number of carbonyl (C=O) groups excluding carboxylic acids is 1. The van der Waals surface area contributed by atoms with Crippen LogP contribution >= 0.6 is 0 Å². The van der Waals surface area contributed by atoms with E-state index in [1.54, 1.807) is 6.08 Å².